The van der Waals surface area contributed by atoms with Crippen LogP contribution in [0.15, 0.2) is 73.0 Å². The third kappa shape index (κ3) is 9.05. The third-order valence-electron chi connectivity index (χ3n) is 8.25. The van der Waals surface area contributed by atoms with Gasteiger partial charge in [0, 0.05) is 48.5 Å². The van der Waals surface area contributed by atoms with Gasteiger partial charge in [-0.3, -0.25) is 9.59 Å². The van der Waals surface area contributed by atoms with Gasteiger partial charge in [-0.15, -0.1) is 11.3 Å². The van der Waals surface area contributed by atoms with Gasteiger partial charge in [-0.2, -0.15) is 0 Å². The van der Waals surface area contributed by atoms with Gasteiger partial charge in [0.05, 0.1) is 18.4 Å². The number of fused-ring (bicyclic) bond motifs is 1. The molecule has 0 N–H and O–H groups in total. The maximum absolute atomic E-state index is 14.7. The first-order valence-electron chi connectivity index (χ1n) is 15.8. The number of amides is 3. The van der Waals surface area contributed by atoms with E-state index in [0.29, 0.717) is 35.3 Å². The molecular formula is C37H43ClFN3O5S. The highest BCUT2D eigenvalue weighted by molar-refractivity contribution is 7.21. The quantitative estimate of drug-likeness (QED) is 0.114. The molecule has 1 fully saturated rings. The second-order valence-electron chi connectivity index (χ2n) is 12.7. The van der Waals surface area contributed by atoms with Crippen LogP contribution in [0.2, 0.25) is 5.02 Å². The van der Waals surface area contributed by atoms with E-state index < -0.39 is 11.4 Å². The van der Waals surface area contributed by atoms with Crippen molar-refractivity contribution >= 4 is 62.7 Å². The standard InChI is InChI=1S/C37H43ClFN3O5S/c1-37(2,3)47-36(45)41(5)28-18-20-29(21-19-28)42(35(44)34-33(38)32-30(39)12-7-13-31(32)48-34)22-8-10-25(11-9-23-46-6)26-14-16-27(17-15-26)40(4)24-43/h7-17,23-24,28-29H,18-22H2,1-6H3/b10-8+,23-9+,25-11+/t28-,29-. The van der Waals surface area contributed by atoms with Crippen LogP contribution >= 0.6 is 22.9 Å². The number of halogens is 2. The molecule has 8 nitrogen and oxygen atoms in total. The Morgan fingerprint density at radius 3 is 2.31 bits per heavy atom. The molecule has 11 heteroatoms. The molecule has 1 saturated carbocycles. The van der Waals surface area contributed by atoms with Crippen molar-refractivity contribution in [1.29, 1.82) is 0 Å². The Labute approximate surface area is 291 Å². The summed E-state index contributed by atoms with van der Waals surface area (Å²) in [5.74, 6) is -0.727. The Morgan fingerprint density at radius 1 is 1.04 bits per heavy atom. The number of thiophene rings is 1. The van der Waals surface area contributed by atoms with E-state index in [-0.39, 0.29) is 41.0 Å². The molecule has 0 saturated heterocycles. The fraction of sp³-hybridized carbons (Fsp3) is 0.378. The molecule has 1 aromatic heterocycles. The predicted molar refractivity (Wildman–Crippen MR) is 192 cm³/mol. The van der Waals surface area contributed by atoms with Gasteiger partial charge >= 0.3 is 6.09 Å². The van der Waals surface area contributed by atoms with Crippen molar-refractivity contribution in [3.63, 3.8) is 0 Å². The highest BCUT2D eigenvalue weighted by atomic mass is 35.5. The topological polar surface area (TPSA) is 79.4 Å². The van der Waals surface area contributed by atoms with Crippen LogP contribution in [0.25, 0.3) is 15.7 Å². The molecule has 0 radical (unpaired) electrons. The minimum Gasteiger partial charge on any atom is -0.504 e. The molecular weight excluding hydrogens is 653 g/mol. The van der Waals surface area contributed by atoms with Crippen molar-refractivity contribution in [2.45, 2.75) is 64.1 Å². The van der Waals surface area contributed by atoms with E-state index in [0.717, 1.165) is 23.2 Å². The van der Waals surface area contributed by atoms with Crippen LogP contribution in [0.4, 0.5) is 14.9 Å². The van der Waals surface area contributed by atoms with Gasteiger partial charge in [0.1, 0.15) is 16.3 Å². The molecule has 256 valence electrons. The van der Waals surface area contributed by atoms with Crippen molar-refractivity contribution in [3.05, 3.63) is 94.3 Å². The largest absolute Gasteiger partial charge is 0.504 e. The van der Waals surface area contributed by atoms with E-state index >= 15 is 0 Å². The van der Waals surface area contributed by atoms with Crippen LogP contribution in [-0.2, 0) is 14.3 Å². The first-order chi connectivity index (χ1) is 22.8. The van der Waals surface area contributed by atoms with Gasteiger partial charge in [-0.1, -0.05) is 48.0 Å². The minimum atomic E-state index is -0.596. The number of allylic oxidation sites excluding steroid dienone is 4. The summed E-state index contributed by atoms with van der Waals surface area (Å²) in [6.07, 6.45) is 12.2. The average Bonchev–Trinajstić information content (AvgIpc) is 3.41. The summed E-state index contributed by atoms with van der Waals surface area (Å²) in [5.41, 5.74) is 1.93. The second-order valence-corrected chi connectivity index (χ2v) is 14.2. The molecule has 1 heterocycles. The maximum Gasteiger partial charge on any atom is 0.410 e. The van der Waals surface area contributed by atoms with Gasteiger partial charge in [0.2, 0.25) is 6.41 Å². The van der Waals surface area contributed by atoms with Crippen LogP contribution < -0.4 is 4.90 Å². The van der Waals surface area contributed by atoms with E-state index in [2.05, 4.69) is 0 Å². The van der Waals surface area contributed by atoms with Gasteiger partial charge in [-0.05, 0) is 87.9 Å². The molecule has 4 rings (SSSR count). The number of carbonyl (C=O) groups is 3. The Hall–Kier alpha value is -4.15. The van der Waals surface area contributed by atoms with Crippen LogP contribution in [0.3, 0.4) is 0 Å². The summed E-state index contributed by atoms with van der Waals surface area (Å²) in [7, 11) is 5.01. The molecule has 3 amide bonds. The lowest BCUT2D eigenvalue weighted by molar-refractivity contribution is -0.107. The number of hydrogen-bond donors (Lipinski definition) is 0. The molecule has 0 atom stereocenters. The summed E-state index contributed by atoms with van der Waals surface area (Å²) >= 11 is 7.86. The van der Waals surface area contributed by atoms with Gasteiger partial charge in [-0.25, -0.2) is 9.18 Å². The first-order valence-corrected chi connectivity index (χ1v) is 17.0. The van der Waals surface area contributed by atoms with Gasteiger partial charge in [0.15, 0.2) is 0 Å². The third-order valence-corrected chi connectivity index (χ3v) is 9.89. The van der Waals surface area contributed by atoms with Crippen molar-refractivity contribution in [2.24, 2.45) is 0 Å². The Bertz CT molecular complexity index is 1690. The SMILES string of the molecule is CO/C=C/C=C(\C=C\CN(C(=O)c1sc2cccc(F)c2c1Cl)[C@H]1CC[C@H](N(C)C(=O)OC(C)(C)C)CC1)c1ccc(N(C)C=O)cc1. The monoisotopic (exact) mass is 695 g/mol. The van der Waals surface area contributed by atoms with Crippen molar-refractivity contribution in [2.75, 3.05) is 32.6 Å². The number of ether oxygens (including phenoxy) is 2. The number of carbonyl (C=O) groups excluding carboxylic acids is 3. The lowest BCUT2D eigenvalue weighted by atomic mass is 9.89. The van der Waals surface area contributed by atoms with Gasteiger partial charge in [0.25, 0.3) is 5.91 Å². The number of anilines is 1. The number of hydrogen-bond acceptors (Lipinski definition) is 6. The highest BCUT2D eigenvalue weighted by Crippen LogP contribution is 2.39. The van der Waals surface area contributed by atoms with Crippen molar-refractivity contribution < 1.29 is 28.2 Å². The maximum atomic E-state index is 14.7. The van der Waals surface area contributed by atoms with E-state index in [1.165, 1.54) is 22.3 Å². The number of rotatable bonds is 11. The average molecular weight is 696 g/mol. The molecule has 0 bridgehead atoms. The molecule has 1 aliphatic carbocycles. The zero-order valence-electron chi connectivity index (χ0n) is 28.2. The lowest BCUT2D eigenvalue weighted by Crippen LogP contribution is -2.47. The van der Waals surface area contributed by atoms with Crippen LogP contribution in [0, 0.1) is 5.82 Å². The zero-order valence-corrected chi connectivity index (χ0v) is 29.8. The smallest absolute Gasteiger partial charge is 0.410 e. The van der Waals surface area contributed by atoms with Crippen LogP contribution in [0.5, 0.6) is 0 Å². The fourth-order valence-corrected chi connectivity index (χ4v) is 7.20. The molecule has 1 aliphatic rings. The Balaban J connectivity index is 1.61. The molecule has 0 unspecified atom stereocenters. The summed E-state index contributed by atoms with van der Waals surface area (Å²) < 4.78 is 26.0. The van der Waals surface area contributed by atoms with Crippen molar-refractivity contribution in [1.82, 2.24) is 9.80 Å². The zero-order chi connectivity index (χ0) is 35.0. The molecule has 48 heavy (non-hydrogen) atoms. The predicted octanol–water partition coefficient (Wildman–Crippen LogP) is 8.71. The Kier molecular flexibility index (Phi) is 12.5. The number of benzene rings is 2. The van der Waals surface area contributed by atoms with E-state index in [4.69, 9.17) is 21.1 Å². The number of methoxy groups -OCH3 is 1. The lowest BCUT2D eigenvalue weighted by Gasteiger charge is -2.39. The fourth-order valence-electron chi connectivity index (χ4n) is 5.69. The summed E-state index contributed by atoms with van der Waals surface area (Å²) in [6, 6.07) is 12.1. The summed E-state index contributed by atoms with van der Waals surface area (Å²) in [5, 5.41) is 0.376. The van der Waals surface area contributed by atoms with E-state index in [1.807, 2.05) is 63.3 Å². The minimum absolute atomic E-state index is 0.0195. The molecule has 0 spiro atoms. The number of nitrogens with zero attached hydrogens (tertiary/aromatic N) is 3. The normalized spacial score (nSPS) is 17.1. The second kappa shape index (κ2) is 16.3. The van der Waals surface area contributed by atoms with Gasteiger partial charge < -0.3 is 24.2 Å². The first kappa shape index (κ1) is 36.7. The summed E-state index contributed by atoms with van der Waals surface area (Å²) in [4.78, 5) is 43.5. The summed E-state index contributed by atoms with van der Waals surface area (Å²) in [6.45, 7) is 5.80. The molecule has 0 aliphatic heterocycles. The van der Waals surface area contributed by atoms with E-state index in [9.17, 15) is 18.8 Å². The van der Waals surface area contributed by atoms with Crippen LogP contribution in [-0.4, -0.2) is 73.6 Å². The molecule has 3 aromatic rings. The Morgan fingerprint density at radius 2 is 1.71 bits per heavy atom. The molecule has 2 aromatic carbocycles. The van der Waals surface area contributed by atoms with Crippen LogP contribution in [0.1, 0.15) is 61.7 Å². The van der Waals surface area contributed by atoms with Crippen molar-refractivity contribution in [3.8, 4) is 0 Å². The highest BCUT2D eigenvalue weighted by Gasteiger charge is 2.34. The van der Waals surface area contributed by atoms with E-state index in [1.54, 1.807) is 55.5 Å².